The third kappa shape index (κ3) is 2.69. The molecule has 0 radical (unpaired) electrons. The van der Waals surface area contributed by atoms with Crippen LogP contribution in [0.25, 0.3) is 22.6 Å². The molecule has 1 unspecified atom stereocenters. The van der Waals surface area contributed by atoms with Crippen LogP contribution in [0.3, 0.4) is 0 Å². The van der Waals surface area contributed by atoms with Gasteiger partial charge < -0.3 is 4.74 Å². The number of aryl methyl sites for hydroxylation is 2. The Morgan fingerprint density at radius 2 is 1.97 bits per heavy atom. The van der Waals surface area contributed by atoms with Crippen LogP contribution in [0.2, 0.25) is 5.02 Å². The highest BCUT2D eigenvalue weighted by atomic mass is 35.5. The van der Waals surface area contributed by atoms with E-state index in [4.69, 9.17) is 16.3 Å². The maximum absolute atomic E-state index is 13.2. The van der Waals surface area contributed by atoms with Crippen LogP contribution < -0.4 is 16.0 Å². The number of halogens is 1. The zero-order chi connectivity index (χ0) is 21.9. The third-order valence-electron chi connectivity index (χ3n) is 5.34. The van der Waals surface area contributed by atoms with Crippen molar-refractivity contribution in [2.75, 3.05) is 7.11 Å². The molecule has 10 heteroatoms. The van der Waals surface area contributed by atoms with Gasteiger partial charge in [-0.05, 0) is 39.0 Å². The van der Waals surface area contributed by atoms with E-state index >= 15 is 0 Å². The number of carbonyl (C=O) groups is 1. The number of methoxy groups -OCH3 is 1. The highest BCUT2D eigenvalue weighted by molar-refractivity contribution is 6.32. The van der Waals surface area contributed by atoms with Gasteiger partial charge in [0, 0.05) is 18.9 Å². The zero-order valence-corrected chi connectivity index (χ0v) is 17.9. The summed E-state index contributed by atoms with van der Waals surface area (Å²) in [6.45, 7) is 4.75. The Balaban J connectivity index is 2.10. The summed E-state index contributed by atoms with van der Waals surface area (Å²) in [7, 11) is 3.07. The second kappa shape index (κ2) is 6.88. The molecule has 3 aromatic heterocycles. The molecule has 0 bridgehead atoms. The fraction of sp³-hybridized carbons (Fsp3) is 0.300. The number of hydrogen-bond acceptors (Lipinski definition) is 5. The average Bonchev–Trinajstić information content (AvgIpc) is 3.20. The third-order valence-corrected chi connectivity index (χ3v) is 5.64. The molecule has 156 valence electrons. The first kappa shape index (κ1) is 20.0. The number of imidazole rings is 2. The van der Waals surface area contributed by atoms with E-state index in [1.165, 1.54) is 32.6 Å². The summed E-state index contributed by atoms with van der Waals surface area (Å²) in [6, 6.07) is 4.43. The van der Waals surface area contributed by atoms with E-state index in [1.807, 2.05) is 17.6 Å². The van der Waals surface area contributed by atoms with Crippen molar-refractivity contribution in [3.8, 4) is 11.4 Å². The molecule has 4 rings (SSSR count). The van der Waals surface area contributed by atoms with E-state index < -0.39 is 17.3 Å². The predicted molar refractivity (Wildman–Crippen MR) is 113 cm³/mol. The van der Waals surface area contributed by atoms with Gasteiger partial charge in [0.05, 0.1) is 23.9 Å². The van der Waals surface area contributed by atoms with Crippen molar-refractivity contribution in [2.24, 2.45) is 7.05 Å². The molecule has 4 aromatic rings. The Labute approximate surface area is 175 Å². The smallest absolute Gasteiger partial charge is 0.333 e. The molecule has 9 nitrogen and oxygen atoms in total. The maximum Gasteiger partial charge on any atom is 0.333 e. The number of ether oxygens (including phenoxy) is 1. The lowest BCUT2D eigenvalue weighted by atomic mass is 10.2. The number of nitrogens with zero attached hydrogens (tertiary/aromatic N) is 5. The van der Waals surface area contributed by atoms with Crippen molar-refractivity contribution < 1.29 is 9.53 Å². The first-order valence-electron chi connectivity index (χ1n) is 9.23. The molecule has 0 N–H and O–H groups in total. The number of rotatable bonds is 4. The maximum atomic E-state index is 13.2. The van der Waals surface area contributed by atoms with Gasteiger partial charge in [-0.1, -0.05) is 11.6 Å². The van der Waals surface area contributed by atoms with Crippen LogP contribution in [-0.4, -0.2) is 36.0 Å². The van der Waals surface area contributed by atoms with Gasteiger partial charge >= 0.3 is 5.69 Å². The number of benzene rings is 1. The second-order valence-corrected chi connectivity index (χ2v) is 7.59. The van der Waals surface area contributed by atoms with E-state index in [0.29, 0.717) is 16.5 Å². The highest BCUT2D eigenvalue weighted by Crippen LogP contribution is 2.29. The monoisotopic (exact) mass is 429 g/mol. The molecule has 0 aliphatic carbocycles. The molecule has 1 aromatic carbocycles. The van der Waals surface area contributed by atoms with Gasteiger partial charge in [-0.15, -0.1) is 0 Å². The van der Waals surface area contributed by atoms with Gasteiger partial charge in [0.1, 0.15) is 5.75 Å². The molecule has 30 heavy (non-hydrogen) atoms. The first-order valence-corrected chi connectivity index (χ1v) is 9.61. The Morgan fingerprint density at radius 1 is 1.27 bits per heavy atom. The van der Waals surface area contributed by atoms with E-state index in [9.17, 15) is 14.4 Å². The molecular weight excluding hydrogens is 410 g/mol. The van der Waals surface area contributed by atoms with Crippen LogP contribution in [0.1, 0.15) is 25.6 Å². The summed E-state index contributed by atoms with van der Waals surface area (Å²) < 4.78 is 10.9. The van der Waals surface area contributed by atoms with Crippen LogP contribution in [0, 0.1) is 6.92 Å². The minimum Gasteiger partial charge on any atom is -0.495 e. The lowest BCUT2D eigenvalue weighted by Crippen LogP contribution is -2.42. The molecule has 0 spiro atoms. The van der Waals surface area contributed by atoms with Gasteiger partial charge in [-0.3, -0.25) is 23.1 Å². The molecule has 0 saturated heterocycles. The highest BCUT2D eigenvalue weighted by Gasteiger charge is 2.24. The summed E-state index contributed by atoms with van der Waals surface area (Å²) in [5, 5.41) is 0.433. The standard InChI is InChI=1S/C20H20ClN5O4/c1-10-9-24-16-17(23(4)20(29)26(18(16)28)11(2)12(3)27)22-19(24)25(10)13-6-7-15(30-5)14(21)8-13/h6-9,11H,1-5H3. The van der Waals surface area contributed by atoms with E-state index in [-0.39, 0.29) is 16.9 Å². The predicted octanol–water partition coefficient (Wildman–Crippen LogP) is 2.26. The number of carbonyl (C=O) groups excluding carboxylic acids is 1. The zero-order valence-electron chi connectivity index (χ0n) is 17.1. The minimum absolute atomic E-state index is 0.224. The molecule has 1 atom stereocenters. The molecule has 0 aliphatic rings. The summed E-state index contributed by atoms with van der Waals surface area (Å²) in [4.78, 5) is 42.4. The molecule has 3 heterocycles. The van der Waals surface area contributed by atoms with Crippen molar-refractivity contribution in [2.45, 2.75) is 26.8 Å². The van der Waals surface area contributed by atoms with Crippen LogP contribution in [0.4, 0.5) is 0 Å². The number of hydrogen-bond donors (Lipinski definition) is 0. The van der Waals surface area contributed by atoms with Crippen LogP contribution in [0.15, 0.2) is 34.0 Å². The summed E-state index contributed by atoms with van der Waals surface area (Å²) in [5.41, 5.74) is 0.841. The number of fused-ring (bicyclic) bond motifs is 3. The van der Waals surface area contributed by atoms with Gasteiger partial charge in [0.15, 0.2) is 16.9 Å². The van der Waals surface area contributed by atoms with Crippen LogP contribution in [0.5, 0.6) is 5.75 Å². The van der Waals surface area contributed by atoms with E-state index in [2.05, 4.69) is 4.98 Å². The molecule has 0 fully saturated rings. The lowest BCUT2D eigenvalue weighted by Gasteiger charge is -2.12. The second-order valence-electron chi connectivity index (χ2n) is 7.18. The van der Waals surface area contributed by atoms with Crippen molar-refractivity contribution >= 4 is 34.3 Å². The molecule has 0 aliphatic heterocycles. The number of Topliss-reactive ketones (excluding diaryl/α,β-unsaturated/α-hetero) is 1. The Bertz CT molecular complexity index is 1460. The van der Waals surface area contributed by atoms with Crippen LogP contribution in [-0.2, 0) is 11.8 Å². The van der Waals surface area contributed by atoms with E-state index in [0.717, 1.165) is 15.9 Å². The van der Waals surface area contributed by atoms with Crippen molar-refractivity contribution in [1.82, 2.24) is 23.1 Å². The number of ketones is 1. The van der Waals surface area contributed by atoms with Crippen molar-refractivity contribution in [3.05, 3.63) is 56.0 Å². The van der Waals surface area contributed by atoms with Gasteiger partial charge in [-0.2, -0.15) is 4.98 Å². The molecule has 0 amide bonds. The molecular formula is C20H20ClN5O4. The lowest BCUT2D eigenvalue weighted by molar-refractivity contribution is -0.119. The quantitative estimate of drug-likeness (QED) is 0.496. The van der Waals surface area contributed by atoms with Crippen LogP contribution >= 0.6 is 11.6 Å². The SMILES string of the molecule is COc1ccc(-n2c(C)cn3c4c(=O)n(C(C)C(C)=O)c(=O)n(C)c4nc23)cc1Cl. The Morgan fingerprint density at radius 3 is 2.57 bits per heavy atom. The van der Waals surface area contributed by atoms with E-state index in [1.54, 1.807) is 22.7 Å². The largest absolute Gasteiger partial charge is 0.495 e. The summed E-state index contributed by atoms with van der Waals surface area (Å²) >= 11 is 6.29. The van der Waals surface area contributed by atoms with Gasteiger partial charge in [0.2, 0.25) is 5.78 Å². The van der Waals surface area contributed by atoms with Crippen molar-refractivity contribution in [3.63, 3.8) is 0 Å². The first-order chi connectivity index (χ1) is 14.2. The Hall–Kier alpha value is -3.33. The Kier molecular flexibility index (Phi) is 4.58. The van der Waals surface area contributed by atoms with Gasteiger partial charge in [-0.25, -0.2) is 9.36 Å². The van der Waals surface area contributed by atoms with Crippen molar-refractivity contribution in [1.29, 1.82) is 0 Å². The summed E-state index contributed by atoms with van der Waals surface area (Å²) in [6.07, 6.45) is 1.76. The fourth-order valence-corrected chi connectivity index (χ4v) is 3.87. The number of aromatic nitrogens is 5. The normalized spacial score (nSPS) is 12.6. The molecule has 0 saturated carbocycles. The minimum atomic E-state index is -0.880. The summed E-state index contributed by atoms with van der Waals surface area (Å²) in [5.74, 6) is 0.707. The topological polar surface area (TPSA) is 92.5 Å². The van der Waals surface area contributed by atoms with Gasteiger partial charge in [0.25, 0.3) is 5.56 Å². The fourth-order valence-electron chi connectivity index (χ4n) is 3.61. The average molecular weight is 430 g/mol.